The summed E-state index contributed by atoms with van der Waals surface area (Å²) in [5.74, 6) is 0.291. The molecule has 1 N–H and O–H groups in total. The molecule has 0 aliphatic carbocycles. The van der Waals surface area contributed by atoms with Crippen molar-refractivity contribution in [1.82, 2.24) is 10.2 Å². The smallest absolute Gasteiger partial charge is 0.173 e. The molecule has 1 aromatic heterocycles. The normalized spacial score (nSPS) is 11.9. The van der Waals surface area contributed by atoms with Gasteiger partial charge >= 0.3 is 0 Å². The second-order valence-corrected chi connectivity index (χ2v) is 7.08. The minimum atomic E-state index is 0. The van der Waals surface area contributed by atoms with Crippen molar-refractivity contribution in [1.29, 1.82) is 0 Å². The van der Waals surface area contributed by atoms with Crippen LogP contribution in [0.4, 0.5) is 0 Å². The van der Waals surface area contributed by atoms with Crippen LogP contribution in [-0.4, -0.2) is 37.5 Å². The molecule has 0 saturated heterocycles. The number of carbonyl (C=O) groups is 1. The lowest BCUT2D eigenvalue weighted by molar-refractivity contribution is 0.0982. The van der Waals surface area contributed by atoms with Crippen LogP contribution < -0.4 is 5.32 Å². The third-order valence-corrected chi connectivity index (χ3v) is 5.46. The fourth-order valence-electron chi connectivity index (χ4n) is 2.46. The third-order valence-electron chi connectivity index (χ3n) is 4.14. The number of ketones is 1. The highest BCUT2D eigenvalue weighted by atomic mass is 35.5. The highest BCUT2D eigenvalue weighted by Crippen LogP contribution is 2.31. The lowest BCUT2D eigenvalue weighted by atomic mass is 10.1. The Morgan fingerprint density at radius 2 is 1.88 bits per heavy atom. The third kappa shape index (κ3) is 6.01. The zero-order chi connectivity index (χ0) is 16.1. The van der Waals surface area contributed by atoms with Gasteiger partial charge in [0.05, 0.1) is 11.0 Å². The largest absolute Gasteiger partial charge is 0.302 e. The Balaban J connectivity index is 0.00000264. The number of carbonyl (C=O) groups excluding carboxylic acids is 1. The Labute approximate surface area is 161 Å². The first-order valence-electron chi connectivity index (χ1n) is 7.92. The standard InChI is InChI=1S/C18H26N2OS.2ClH/c1-13-15-9-5-6-11-17(15)22-18(13)16(21)10-7-8-12-19-14(2)20(3)4;;/h5-6,9,11,14,19H,7-8,10,12H2,1-4H3;2*1H. The van der Waals surface area contributed by atoms with E-state index in [1.807, 2.05) is 12.1 Å². The molecule has 136 valence electrons. The second kappa shape index (κ2) is 11.1. The van der Waals surface area contributed by atoms with Gasteiger partial charge in [0, 0.05) is 11.1 Å². The zero-order valence-electron chi connectivity index (χ0n) is 14.8. The first kappa shape index (κ1) is 23.4. The van der Waals surface area contributed by atoms with E-state index < -0.39 is 0 Å². The summed E-state index contributed by atoms with van der Waals surface area (Å²) in [6.07, 6.45) is 3.00. The van der Waals surface area contributed by atoms with E-state index in [4.69, 9.17) is 0 Å². The number of benzene rings is 1. The minimum Gasteiger partial charge on any atom is -0.302 e. The average molecular weight is 391 g/mol. The fourth-order valence-corrected chi connectivity index (χ4v) is 3.63. The van der Waals surface area contributed by atoms with Gasteiger partial charge in [0.15, 0.2) is 5.78 Å². The summed E-state index contributed by atoms with van der Waals surface area (Å²) >= 11 is 1.63. The Morgan fingerprint density at radius 1 is 1.21 bits per heavy atom. The topological polar surface area (TPSA) is 32.3 Å². The molecule has 1 heterocycles. The number of thiophene rings is 1. The molecular formula is C18H28Cl2N2OS. The van der Waals surface area contributed by atoms with Gasteiger partial charge in [0.1, 0.15) is 0 Å². The van der Waals surface area contributed by atoms with Gasteiger partial charge in [-0.05, 0) is 64.3 Å². The Hall–Kier alpha value is -0.650. The van der Waals surface area contributed by atoms with Crippen LogP contribution in [0.5, 0.6) is 0 Å². The monoisotopic (exact) mass is 390 g/mol. The van der Waals surface area contributed by atoms with Gasteiger partial charge in [-0.25, -0.2) is 0 Å². The number of aryl methyl sites for hydroxylation is 1. The van der Waals surface area contributed by atoms with E-state index in [9.17, 15) is 4.79 Å². The number of rotatable bonds is 8. The molecule has 0 saturated carbocycles. The van der Waals surface area contributed by atoms with E-state index in [-0.39, 0.29) is 24.8 Å². The minimum absolute atomic E-state index is 0. The summed E-state index contributed by atoms with van der Waals surface area (Å²) in [6.45, 7) is 5.16. The molecule has 1 aromatic carbocycles. The van der Waals surface area contributed by atoms with E-state index >= 15 is 0 Å². The molecule has 0 radical (unpaired) electrons. The molecule has 2 rings (SSSR count). The molecular weight excluding hydrogens is 363 g/mol. The summed E-state index contributed by atoms with van der Waals surface area (Å²) in [6, 6.07) is 8.26. The van der Waals surface area contributed by atoms with Crippen LogP contribution in [0.2, 0.25) is 0 Å². The molecule has 0 amide bonds. The number of nitrogens with one attached hydrogen (secondary N) is 1. The lowest BCUT2D eigenvalue weighted by Gasteiger charge is -2.20. The van der Waals surface area contributed by atoms with Gasteiger partial charge in [-0.15, -0.1) is 36.2 Å². The summed E-state index contributed by atoms with van der Waals surface area (Å²) < 4.78 is 1.21. The van der Waals surface area contributed by atoms with Gasteiger partial charge < -0.3 is 5.32 Å². The molecule has 0 fully saturated rings. The predicted octanol–water partition coefficient (Wildman–Crippen LogP) is 4.90. The van der Waals surface area contributed by atoms with Crippen molar-refractivity contribution < 1.29 is 4.79 Å². The molecule has 1 unspecified atom stereocenters. The molecule has 3 nitrogen and oxygen atoms in total. The van der Waals surface area contributed by atoms with Crippen LogP contribution in [0.3, 0.4) is 0 Å². The molecule has 0 bridgehead atoms. The Bertz CT molecular complexity index is 643. The molecule has 0 aliphatic rings. The number of nitrogens with zero attached hydrogens (tertiary/aromatic N) is 1. The first-order valence-corrected chi connectivity index (χ1v) is 8.73. The van der Waals surface area contributed by atoms with E-state index in [1.165, 1.54) is 10.1 Å². The Kier molecular flexibility index (Phi) is 10.8. The number of unbranched alkanes of at least 4 members (excludes halogenated alkanes) is 1. The number of fused-ring (bicyclic) bond motifs is 1. The van der Waals surface area contributed by atoms with E-state index in [0.717, 1.165) is 29.8 Å². The predicted molar refractivity (Wildman–Crippen MR) is 110 cm³/mol. The van der Waals surface area contributed by atoms with Crippen molar-refractivity contribution >= 4 is 52.0 Å². The molecule has 6 heteroatoms. The second-order valence-electron chi connectivity index (χ2n) is 6.03. The van der Waals surface area contributed by atoms with Crippen molar-refractivity contribution in [3.05, 3.63) is 34.7 Å². The molecule has 0 aliphatic heterocycles. The molecule has 1 atom stereocenters. The van der Waals surface area contributed by atoms with Gasteiger partial charge in [0.2, 0.25) is 0 Å². The summed E-state index contributed by atoms with van der Waals surface area (Å²) in [5.41, 5.74) is 1.14. The van der Waals surface area contributed by atoms with Crippen molar-refractivity contribution in [3.63, 3.8) is 0 Å². The number of halogens is 2. The first-order chi connectivity index (χ1) is 10.5. The van der Waals surface area contributed by atoms with E-state index in [1.54, 1.807) is 11.3 Å². The fraction of sp³-hybridized carbons (Fsp3) is 0.500. The average Bonchev–Trinajstić information content (AvgIpc) is 2.84. The van der Waals surface area contributed by atoms with E-state index in [2.05, 4.69) is 50.3 Å². The van der Waals surface area contributed by atoms with Gasteiger partial charge in [-0.1, -0.05) is 18.2 Å². The van der Waals surface area contributed by atoms with E-state index in [0.29, 0.717) is 18.4 Å². The van der Waals surface area contributed by atoms with Crippen molar-refractivity contribution in [2.45, 2.75) is 39.3 Å². The van der Waals surface area contributed by atoms with Gasteiger partial charge in [-0.3, -0.25) is 9.69 Å². The van der Waals surface area contributed by atoms with Crippen molar-refractivity contribution in [2.24, 2.45) is 0 Å². The van der Waals surface area contributed by atoms with Crippen LogP contribution in [0.25, 0.3) is 10.1 Å². The van der Waals surface area contributed by atoms with Gasteiger partial charge in [0.25, 0.3) is 0 Å². The SMILES string of the molecule is Cc1c(C(=O)CCCCNC(C)N(C)C)sc2ccccc12.Cl.Cl. The maximum Gasteiger partial charge on any atom is 0.173 e. The van der Waals surface area contributed by atoms with Crippen LogP contribution in [0.1, 0.15) is 41.4 Å². The lowest BCUT2D eigenvalue weighted by Crippen LogP contribution is -2.39. The van der Waals surface area contributed by atoms with Crippen LogP contribution in [-0.2, 0) is 0 Å². The molecule has 2 aromatic rings. The van der Waals surface area contributed by atoms with Crippen LogP contribution >= 0.6 is 36.2 Å². The summed E-state index contributed by atoms with van der Waals surface area (Å²) in [4.78, 5) is 15.5. The van der Waals surface area contributed by atoms with Gasteiger partial charge in [-0.2, -0.15) is 0 Å². The summed E-state index contributed by atoms with van der Waals surface area (Å²) in [7, 11) is 4.12. The number of hydrogen-bond donors (Lipinski definition) is 1. The summed E-state index contributed by atoms with van der Waals surface area (Å²) in [5, 5.41) is 4.67. The molecule has 0 spiro atoms. The van der Waals surface area contributed by atoms with Crippen LogP contribution in [0.15, 0.2) is 24.3 Å². The maximum atomic E-state index is 12.4. The van der Waals surface area contributed by atoms with Crippen molar-refractivity contribution in [3.8, 4) is 0 Å². The molecule has 24 heavy (non-hydrogen) atoms. The highest BCUT2D eigenvalue weighted by Gasteiger charge is 2.14. The quantitative estimate of drug-likeness (QED) is 0.395. The zero-order valence-corrected chi connectivity index (χ0v) is 17.2. The number of Topliss-reactive ketones (excluding diaryl/α,β-unsaturated/α-hetero) is 1. The number of hydrogen-bond acceptors (Lipinski definition) is 4. The highest BCUT2D eigenvalue weighted by molar-refractivity contribution is 7.21. The Morgan fingerprint density at radius 3 is 2.50 bits per heavy atom. The maximum absolute atomic E-state index is 12.4. The van der Waals surface area contributed by atoms with Crippen LogP contribution in [0, 0.1) is 6.92 Å². The van der Waals surface area contributed by atoms with Crippen molar-refractivity contribution in [2.75, 3.05) is 20.6 Å².